The maximum absolute atomic E-state index is 12.1. The first kappa shape index (κ1) is 18.7. The third kappa shape index (κ3) is 5.73. The molecule has 0 aliphatic heterocycles. The van der Waals surface area contributed by atoms with Gasteiger partial charge in [-0.25, -0.2) is 0 Å². The van der Waals surface area contributed by atoms with Crippen molar-refractivity contribution in [1.82, 2.24) is 5.32 Å². The van der Waals surface area contributed by atoms with Gasteiger partial charge in [0.05, 0.1) is 5.69 Å². The van der Waals surface area contributed by atoms with E-state index in [9.17, 15) is 15.2 Å². The molecule has 1 amide bonds. The molecular weight excluding hydrogens is 326 g/mol. The molecule has 0 heterocycles. The summed E-state index contributed by atoms with van der Waals surface area (Å²) in [5.74, 6) is -0.508. The summed E-state index contributed by atoms with van der Waals surface area (Å²) in [6.45, 7) is 0.422. The number of unbranched alkanes of at least 4 members (excludes halogenated alkanes) is 1. The van der Waals surface area contributed by atoms with Crippen LogP contribution in [0.3, 0.4) is 0 Å². The summed E-state index contributed by atoms with van der Waals surface area (Å²) in [5, 5.41) is 41.5. The zero-order chi connectivity index (χ0) is 18.2. The maximum Gasteiger partial charge on any atom is 0.251 e. The molecule has 25 heavy (non-hydrogen) atoms. The molecule has 3 N–H and O–H groups in total. The van der Waals surface area contributed by atoms with Crippen LogP contribution in [-0.2, 0) is 6.42 Å². The van der Waals surface area contributed by atoms with Crippen molar-refractivity contribution in [2.45, 2.75) is 19.3 Å². The Bertz CT molecular complexity index is 666. The Morgan fingerprint density at radius 1 is 1.00 bits per heavy atom. The summed E-state index contributed by atoms with van der Waals surface area (Å²) in [4.78, 5) is 12.1. The number of carbonyl (C=O) groups excluding carboxylic acids is 1. The first-order chi connectivity index (χ1) is 12.0. The van der Waals surface area contributed by atoms with Crippen LogP contribution in [0.15, 0.2) is 48.5 Å². The minimum absolute atomic E-state index is 0.0136. The van der Waals surface area contributed by atoms with Gasteiger partial charge in [-0.15, -0.1) is 5.23 Å². The molecule has 2 aromatic rings. The van der Waals surface area contributed by atoms with Crippen LogP contribution in [-0.4, -0.2) is 22.9 Å². The van der Waals surface area contributed by atoms with Gasteiger partial charge in [-0.2, -0.15) is 0 Å². The van der Waals surface area contributed by atoms with Gasteiger partial charge in [0.25, 0.3) is 5.91 Å². The fourth-order valence-electron chi connectivity index (χ4n) is 2.35. The summed E-state index contributed by atoms with van der Waals surface area (Å²) in [6, 6.07) is 13.2. The normalized spacial score (nSPS) is 10.4. The van der Waals surface area contributed by atoms with E-state index < -0.39 is 16.8 Å². The largest absolute Gasteiger partial charge is 0.769 e. The van der Waals surface area contributed by atoms with Crippen LogP contribution in [0.1, 0.15) is 28.8 Å². The number of benzene rings is 2. The summed E-state index contributed by atoms with van der Waals surface area (Å²) in [5.41, 5.74) is 0.548. The number of carbonyl (C=O) groups is 1. The summed E-state index contributed by atoms with van der Waals surface area (Å²) < 4.78 is 0. The highest BCUT2D eigenvalue weighted by molar-refractivity contribution is 5.96. The molecule has 0 fully saturated rings. The third-order valence-electron chi connectivity index (χ3n) is 3.63. The van der Waals surface area contributed by atoms with Gasteiger partial charge in [0.15, 0.2) is 0 Å². The van der Waals surface area contributed by atoms with Crippen molar-refractivity contribution in [3.8, 4) is 0 Å². The lowest BCUT2D eigenvalue weighted by Crippen LogP contribution is -2.25. The number of rotatable bonds is 8. The van der Waals surface area contributed by atoms with Gasteiger partial charge in [0.1, 0.15) is 0 Å². The van der Waals surface area contributed by atoms with Crippen LogP contribution in [0.25, 0.3) is 0 Å². The van der Waals surface area contributed by atoms with Crippen molar-refractivity contribution >= 4 is 17.3 Å². The molecule has 8 nitrogen and oxygen atoms in total. The number of hydrogen-bond donors (Lipinski definition) is 3. The average molecular weight is 345 g/mol. The molecule has 0 aromatic heterocycles. The lowest BCUT2D eigenvalue weighted by atomic mass is 10.1. The molecule has 0 unspecified atom stereocenters. The predicted octanol–water partition coefficient (Wildman–Crippen LogP) is 2.83. The average Bonchev–Trinajstić information content (AvgIpc) is 2.61. The zero-order valence-electron chi connectivity index (χ0n) is 13.5. The minimum atomic E-state index is -0.705. The molecule has 0 saturated heterocycles. The van der Waals surface area contributed by atoms with Crippen molar-refractivity contribution < 1.29 is 15.2 Å². The van der Waals surface area contributed by atoms with Crippen molar-refractivity contribution in [3.63, 3.8) is 0 Å². The SMILES string of the molecule is O=C(NCCCCc1ccccc1)c1cc(N([O-])[O-])cc(N(O)O)c1. The van der Waals surface area contributed by atoms with Gasteiger partial charge in [0, 0.05) is 17.8 Å². The number of amides is 1. The highest BCUT2D eigenvalue weighted by atomic mass is 16.8. The number of aryl methyl sites for hydroxylation is 1. The molecular formula is C17H19N3O5-2. The topological polar surface area (TPSA) is 122 Å². The van der Waals surface area contributed by atoms with E-state index in [1.807, 2.05) is 30.3 Å². The summed E-state index contributed by atoms with van der Waals surface area (Å²) in [7, 11) is 0. The lowest BCUT2D eigenvalue weighted by Gasteiger charge is -2.38. The fraction of sp³-hybridized carbons (Fsp3) is 0.235. The second-order valence-corrected chi connectivity index (χ2v) is 5.48. The summed E-state index contributed by atoms with van der Waals surface area (Å²) >= 11 is 0. The number of nitrogens with one attached hydrogen (secondary N) is 1. The van der Waals surface area contributed by atoms with Crippen molar-refractivity contribution in [2.75, 3.05) is 17.0 Å². The van der Waals surface area contributed by atoms with E-state index in [4.69, 9.17) is 10.4 Å². The molecule has 0 aliphatic rings. The Hall–Kier alpha value is -2.65. The molecule has 0 radical (unpaired) electrons. The molecule has 0 aliphatic carbocycles. The number of nitrogens with zero attached hydrogens (tertiary/aromatic N) is 2. The highest BCUT2D eigenvalue weighted by Gasteiger charge is 2.10. The molecule has 134 valence electrons. The Labute approximate surface area is 145 Å². The van der Waals surface area contributed by atoms with Gasteiger partial charge in [-0.3, -0.25) is 15.2 Å². The van der Waals surface area contributed by atoms with Crippen molar-refractivity contribution in [1.29, 1.82) is 0 Å². The van der Waals surface area contributed by atoms with E-state index in [-0.39, 0.29) is 16.5 Å². The molecule has 2 rings (SSSR count). The Morgan fingerprint density at radius 2 is 1.68 bits per heavy atom. The number of hydrogen-bond acceptors (Lipinski definition) is 7. The molecule has 0 atom stereocenters. The van der Waals surface area contributed by atoms with Gasteiger partial charge >= 0.3 is 0 Å². The molecule has 2 aromatic carbocycles. The van der Waals surface area contributed by atoms with Crippen LogP contribution < -0.4 is 15.8 Å². The summed E-state index contributed by atoms with van der Waals surface area (Å²) in [6.07, 6.45) is 2.56. The molecule has 0 saturated carbocycles. The van der Waals surface area contributed by atoms with Gasteiger partial charge in [-0.1, -0.05) is 30.3 Å². The van der Waals surface area contributed by atoms with Gasteiger partial charge in [0.2, 0.25) is 0 Å². The lowest BCUT2D eigenvalue weighted by molar-refractivity contribution is 0.0291. The fourth-order valence-corrected chi connectivity index (χ4v) is 2.35. The Morgan fingerprint density at radius 3 is 2.32 bits per heavy atom. The van der Waals surface area contributed by atoms with E-state index in [1.54, 1.807) is 0 Å². The van der Waals surface area contributed by atoms with E-state index in [0.717, 1.165) is 37.5 Å². The second kappa shape index (κ2) is 9.00. The smallest absolute Gasteiger partial charge is 0.251 e. The maximum atomic E-state index is 12.1. The molecule has 8 heteroatoms. The first-order valence-electron chi connectivity index (χ1n) is 7.77. The van der Waals surface area contributed by atoms with Crippen molar-refractivity contribution in [3.05, 3.63) is 70.1 Å². The Kier molecular flexibility index (Phi) is 6.72. The van der Waals surface area contributed by atoms with Crippen molar-refractivity contribution in [2.24, 2.45) is 0 Å². The van der Waals surface area contributed by atoms with E-state index >= 15 is 0 Å². The second-order valence-electron chi connectivity index (χ2n) is 5.48. The van der Waals surface area contributed by atoms with E-state index in [0.29, 0.717) is 6.54 Å². The van der Waals surface area contributed by atoms with Crippen LogP contribution in [0.2, 0.25) is 0 Å². The first-order valence-corrected chi connectivity index (χ1v) is 7.77. The van der Waals surface area contributed by atoms with Crippen LogP contribution >= 0.6 is 0 Å². The van der Waals surface area contributed by atoms with Gasteiger partial charge in [-0.05, 0) is 43.0 Å². The van der Waals surface area contributed by atoms with Crippen LogP contribution in [0, 0.1) is 10.4 Å². The van der Waals surface area contributed by atoms with Crippen LogP contribution in [0.5, 0.6) is 0 Å². The Balaban J connectivity index is 1.87. The predicted molar refractivity (Wildman–Crippen MR) is 93.4 cm³/mol. The third-order valence-corrected chi connectivity index (χ3v) is 3.63. The van der Waals surface area contributed by atoms with Gasteiger partial charge < -0.3 is 21.0 Å². The van der Waals surface area contributed by atoms with Crippen LogP contribution in [0.4, 0.5) is 11.4 Å². The molecule has 0 spiro atoms. The molecule has 0 bridgehead atoms. The highest BCUT2D eigenvalue weighted by Crippen LogP contribution is 2.23. The number of anilines is 2. The zero-order valence-corrected chi connectivity index (χ0v) is 13.5. The monoisotopic (exact) mass is 345 g/mol. The van der Waals surface area contributed by atoms with E-state index in [1.165, 1.54) is 5.56 Å². The quantitative estimate of drug-likeness (QED) is 0.496. The minimum Gasteiger partial charge on any atom is -0.769 e. The van der Waals surface area contributed by atoms with E-state index in [2.05, 4.69) is 5.32 Å². The standard InChI is InChI=1S/C17H19N3O5/c21-17(18-9-5-4-8-13-6-2-1-3-7-13)14-10-15(19(22)23)12-16(11-14)20(24)25/h1-3,6-7,10-12,22-23H,4-5,8-9H2,(H,18,21)/q-2.